The van der Waals surface area contributed by atoms with Gasteiger partial charge >= 0.3 is 0 Å². The Balaban J connectivity index is 1.58. The highest BCUT2D eigenvalue weighted by Gasteiger charge is 2.17. The molecule has 0 spiro atoms. The standard InChI is InChI=1S/C21H26N2O6S/c1-14(2)12-22-30(25,26)17-5-7-18(15(3)10-17)29-13-21(24)23-16-4-6-19-20(11-16)28-9-8-27-19/h4-7,10-11,14,22H,8-9,12-13H2,1-3H3,(H,23,24). The van der Waals surface area contributed by atoms with Crippen LogP contribution < -0.4 is 24.2 Å². The summed E-state index contributed by atoms with van der Waals surface area (Å²) in [5, 5.41) is 2.74. The zero-order valence-electron chi connectivity index (χ0n) is 17.2. The lowest BCUT2D eigenvalue weighted by Gasteiger charge is -2.19. The highest BCUT2D eigenvalue weighted by atomic mass is 32.2. The lowest BCUT2D eigenvalue weighted by Crippen LogP contribution is -2.27. The lowest BCUT2D eigenvalue weighted by atomic mass is 10.2. The number of anilines is 1. The summed E-state index contributed by atoms with van der Waals surface area (Å²) in [6, 6.07) is 9.70. The maximum atomic E-state index is 12.3. The number of fused-ring (bicyclic) bond motifs is 1. The third-order valence-corrected chi connectivity index (χ3v) is 5.74. The van der Waals surface area contributed by atoms with E-state index in [1.165, 1.54) is 12.1 Å². The van der Waals surface area contributed by atoms with Gasteiger partial charge in [0.2, 0.25) is 10.0 Å². The molecule has 0 bridgehead atoms. The summed E-state index contributed by atoms with van der Waals surface area (Å²) in [5.41, 5.74) is 1.19. The van der Waals surface area contributed by atoms with Gasteiger partial charge < -0.3 is 19.5 Å². The highest BCUT2D eigenvalue weighted by molar-refractivity contribution is 7.89. The van der Waals surface area contributed by atoms with E-state index >= 15 is 0 Å². The van der Waals surface area contributed by atoms with Gasteiger partial charge in [-0.25, -0.2) is 13.1 Å². The van der Waals surface area contributed by atoms with Crippen LogP contribution in [0.1, 0.15) is 19.4 Å². The molecule has 0 aromatic heterocycles. The average molecular weight is 435 g/mol. The number of aryl methyl sites for hydroxylation is 1. The Bertz CT molecular complexity index is 1020. The first-order chi connectivity index (χ1) is 14.2. The molecule has 1 aliphatic rings. The first-order valence-corrected chi connectivity index (χ1v) is 11.2. The molecular formula is C21H26N2O6S. The second kappa shape index (κ2) is 9.36. The number of hydrogen-bond donors (Lipinski definition) is 2. The number of amides is 1. The summed E-state index contributed by atoms with van der Waals surface area (Å²) in [6.45, 7) is 6.70. The van der Waals surface area contributed by atoms with Gasteiger partial charge in [0.15, 0.2) is 18.1 Å². The van der Waals surface area contributed by atoms with Crippen molar-refractivity contribution in [3.8, 4) is 17.2 Å². The smallest absolute Gasteiger partial charge is 0.262 e. The van der Waals surface area contributed by atoms with Crippen LogP contribution in [-0.4, -0.2) is 40.7 Å². The van der Waals surface area contributed by atoms with Gasteiger partial charge in [0, 0.05) is 18.3 Å². The predicted molar refractivity (Wildman–Crippen MR) is 113 cm³/mol. The molecule has 1 heterocycles. The van der Waals surface area contributed by atoms with Crippen LogP contribution in [0.3, 0.4) is 0 Å². The maximum absolute atomic E-state index is 12.3. The summed E-state index contributed by atoms with van der Waals surface area (Å²) >= 11 is 0. The molecular weight excluding hydrogens is 408 g/mol. The van der Waals surface area contributed by atoms with E-state index in [1.807, 2.05) is 13.8 Å². The minimum Gasteiger partial charge on any atom is -0.486 e. The number of hydrogen-bond acceptors (Lipinski definition) is 6. The molecule has 2 aromatic rings. The third-order valence-electron chi connectivity index (χ3n) is 4.32. The van der Waals surface area contributed by atoms with Gasteiger partial charge in [-0.3, -0.25) is 4.79 Å². The van der Waals surface area contributed by atoms with Gasteiger partial charge in [-0.05, 0) is 48.7 Å². The van der Waals surface area contributed by atoms with Crippen LogP contribution in [0, 0.1) is 12.8 Å². The molecule has 1 amide bonds. The summed E-state index contributed by atoms with van der Waals surface area (Å²) in [7, 11) is -3.58. The Hall–Kier alpha value is -2.78. The monoisotopic (exact) mass is 434 g/mol. The molecule has 9 heteroatoms. The number of ether oxygens (including phenoxy) is 3. The van der Waals surface area contributed by atoms with Crippen LogP contribution in [0.5, 0.6) is 17.2 Å². The van der Waals surface area contributed by atoms with Gasteiger partial charge in [-0.15, -0.1) is 0 Å². The molecule has 0 unspecified atom stereocenters. The fraction of sp³-hybridized carbons (Fsp3) is 0.381. The molecule has 0 saturated heterocycles. The summed E-state index contributed by atoms with van der Waals surface area (Å²) in [6.07, 6.45) is 0. The molecule has 3 rings (SSSR count). The van der Waals surface area contributed by atoms with Gasteiger partial charge in [0.05, 0.1) is 4.90 Å². The first kappa shape index (κ1) is 21.9. The summed E-state index contributed by atoms with van der Waals surface area (Å²) in [4.78, 5) is 12.4. The van der Waals surface area contributed by atoms with E-state index in [9.17, 15) is 13.2 Å². The third kappa shape index (κ3) is 5.64. The van der Waals surface area contributed by atoms with Crippen molar-refractivity contribution in [2.45, 2.75) is 25.7 Å². The SMILES string of the molecule is Cc1cc(S(=O)(=O)NCC(C)C)ccc1OCC(=O)Nc1ccc2c(c1)OCCO2. The molecule has 30 heavy (non-hydrogen) atoms. The van der Waals surface area contributed by atoms with Crippen LogP contribution in [0.2, 0.25) is 0 Å². The topological polar surface area (TPSA) is 103 Å². The number of carbonyl (C=O) groups is 1. The summed E-state index contributed by atoms with van der Waals surface area (Å²) < 4.78 is 43.8. The fourth-order valence-electron chi connectivity index (χ4n) is 2.77. The number of sulfonamides is 1. The molecule has 2 N–H and O–H groups in total. The van der Waals surface area contributed by atoms with Crippen LogP contribution >= 0.6 is 0 Å². The molecule has 0 fully saturated rings. The van der Waals surface area contributed by atoms with E-state index in [0.717, 1.165) is 0 Å². The molecule has 0 aliphatic carbocycles. The highest BCUT2D eigenvalue weighted by Crippen LogP contribution is 2.32. The van der Waals surface area contributed by atoms with Crippen molar-refractivity contribution >= 4 is 21.6 Å². The van der Waals surface area contributed by atoms with Gasteiger partial charge in [-0.1, -0.05) is 13.8 Å². The summed E-state index contributed by atoms with van der Waals surface area (Å²) in [5.74, 6) is 1.52. The van der Waals surface area contributed by atoms with E-state index in [-0.39, 0.29) is 23.3 Å². The van der Waals surface area contributed by atoms with E-state index in [2.05, 4.69) is 10.0 Å². The molecule has 0 saturated carbocycles. The quantitative estimate of drug-likeness (QED) is 0.662. The van der Waals surface area contributed by atoms with Gasteiger partial charge in [0.25, 0.3) is 5.91 Å². The molecule has 0 atom stereocenters. The van der Waals surface area contributed by atoms with E-state index in [4.69, 9.17) is 14.2 Å². The normalized spacial score (nSPS) is 13.2. The lowest BCUT2D eigenvalue weighted by molar-refractivity contribution is -0.118. The Morgan fingerprint density at radius 1 is 1.10 bits per heavy atom. The van der Waals surface area contributed by atoms with Crippen molar-refractivity contribution in [2.24, 2.45) is 5.92 Å². The second-order valence-corrected chi connectivity index (χ2v) is 9.14. The van der Waals surface area contributed by atoms with E-state index in [1.54, 1.807) is 31.2 Å². The number of carbonyl (C=O) groups excluding carboxylic acids is 1. The van der Waals surface area contributed by atoms with Crippen molar-refractivity contribution < 1.29 is 27.4 Å². The first-order valence-electron chi connectivity index (χ1n) is 9.67. The van der Waals surface area contributed by atoms with Crippen molar-refractivity contribution in [1.29, 1.82) is 0 Å². The Kier molecular flexibility index (Phi) is 6.84. The largest absolute Gasteiger partial charge is 0.486 e. The number of benzene rings is 2. The van der Waals surface area contributed by atoms with Crippen molar-refractivity contribution in [2.75, 3.05) is 31.7 Å². The van der Waals surface area contributed by atoms with Crippen LogP contribution in [0.4, 0.5) is 5.69 Å². The van der Waals surface area contributed by atoms with Gasteiger partial charge in [-0.2, -0.15) is 0 Å². The van der Waals surface area contributed by atoms with Crippen molar-refractivity contribution in [1.82, 2.24) is 4.72 Å². The maximum Gasteiger partial charge on any atom is 0.262 e. The Morgan fingerprint density at radius 3 is 2.53 bits per heavy atom. The molecule has 1 aliphatic heterocycles. The second-order valence-electron chi connectivity index (χ2n) is 7.37. The zero-order valence-corrected chi connectivity index (χ0v) is 18.0. The van der Waals surface area contributed by atoms with Crippen molar-refractivity contribution in [3.05, 3.63) is 42.0 Å². The minimum atomic E-state index is -3.58. The molecule has 162 valence electrons. The van der Waals surface area contributed by atoms with Crippen molar-refractivity contribution in [3.63, 3.8) is 0 Å². The number of nitrogens with one attached hydrogen (secondary N) is 2. The minimum absolute atomic E-state index is 0.161. The van der Waals surface area contributed by atoms with E-state index in [0.29, 0.717) is 48.3 Å². The molecule has 8 nitrogen and oxygen atoms in total. The predicted octanol–water partition coefficient (Wildman–Crippen LogP) is 2.72. The van der Waals surface area contributed by atoms with Crippen LogP contribution in [0.25, 0.3) is 0 Å². The van der Waals surface area contributed by atoms with Crippen LogP contribution in [-0.2, 0) is 14.8 Å². The fourth-order valence-corrected chi connectivity index (χ4v) is 4.07. The molecule has 2 aromatic carbocycles. The number of rotatable bonds is 8. The van der Waals surface area contributed by atoms with E-state index < -0.39 is 10.0 Å². The molecule has 0 radical (unpaired) electrons. The Morgan fingerprint density at radius 2 is 1.83 bits per heavy atom. The van der Waals surface area contributed by atoms with Gasteiger partial charge in [0.1, 0.15) is 19.0 Å². The Labute approximate surface area is 176 Å². The average Bonchev–Trinajstić information content (AvgIpc) is 2.71. The zero-order chi connectivity index (χ0) is 21.7. The van der Waals surface area contributed by atoms with Crippen LogP contribution in [0.15, 0.2) is 41.3 Å².